The van der Waals surface area contributed by atoms with Gasteiger partial charge in [0, 0.05) is 0 Å². The van der Waals surface area contributed by atoms with Crippen molar-refractivity contribution in [1.29, 1.82) is 0 Å². The predicted octanol–water partition coefficient (Wildman–Crippen LogP) is 0.651. The Morgan fingerprint density at radius 2 is 2.50 bits per heavy atom. The number of hydrogen-bond donors (Lipinski definition) is 3. The Morgan fingerprint density at radius 3 is 2.90 bits per heavy atom. The van der Waals surface area contributed by atoms with E-state index in [4.69, 9.17) is 4.84 Å². The molecule has 2 atom stereocenters. The first-order valence-corrected chi connectivity index (χ1v) is 6.57. The van der Waals surface area contributed by atoms with E-state index in [2.05, 4.69) is 35.6 Å². The van der Waals surface area contributed by atoms with Gasteiger partial charge < -0.3 is 0 Å². The largest absolute Gasteiger partial charge is 0.284 e. The Bertz CT molecular complexity index is 114. The zero-order valence-electron chi connectivity index (χ0n) is 6.26. The molecular weight excluding hydrogens is 168 g/mol. The molecule has 0 radical (unpaired) electrons. The highest BCUT2D eigenvalue weighted by Crippen LogP contribution is 2.51. The Morgan fingerprint density at radius 1 is 1.80 bits per heavy atom. The molecule has 0 saturated carbocycles. The van der Waals surface area contributed by atoms with E-state index in [0.29, 0.717) is 6.73 Å². The van der Waals surface area contributed by atoms with Crippen LogP contribution in [0.1, 0.15) is 6.92 Å². The minimum Gasteiger partial charge on any atom is -0.284 e. The van der Waals surface area contributed by atoms with Gasteiger partial charge in [0.1, 0.15) is 12.2 Å². The molecule has 0 bridgehead atoms. The monoisotopic (exact) mass is 182 g/mol. The highest BCUT2D eigenvalue weighted by atomic mass is 33.1. The molecule has 10 heavy (non-hydrogen) atoms. The van der Waals surface area contributed by atoms with Gasteiger partial charge in [-0.1, -0.05) is 6.92 Å². The normalized spacial score (nSPS) is 35.3. The number of thiol groups is 1. The van der Waals surface area contributed by atoms with E-state index < -0.39 is 9.06 Å². The fourth-order valence-electron chi connectivity index (χ4n) is 0.726. The van der Waals surface area contributed by atoms with Crippen LogP contribution in [0.4, 0.5) is 0 Å². The van der Waals surface area contributed by atoms with Gasteiger partial charge in [-0.2, -0.15) is 14.5 Å². The summed E-state index contributed by atoms with van der Waals surface area (Å²) < 4.78 is 0. The Hall–Kier alpha value is 0.580. The Balaban J connectivity index is 2.45. The van der Waals surface area contributed by atoms with Crippen molar-refractivity contribution in [1.82, 2.24) is 10.8 Å². The fraction of sp³-hybridized carbons (Fsp3) is 1.00. The average Bonchev–Trinajstić information content (AvgIpc) is 2.38. The van der Waals surface area contributed by atoms with Crippen LogP contribution in [0.15, 0.2) is 0 Å². The van der Waals surface area contributed by atoms with Crippen molar-refractivity contribution in [3.05, 3.63) is 0 Å². The maximum Gasteiger partial charge on any atom is 0.122 e. The van der Waals surface area contributed by atoms with Crippen LogP contribution in [0, 0.1) is 0 Å². The smallest absolute Gasteiger partial charge is 0.122 e. The molecule has 1 fully saturated rings. The third-order valence-electron chi connectivity index (χ3n) is 1.62. The van der Waals surface area contributed by atoms with Crippen molar-refractivity contribution in [2.75, 3.05) is 18.7 Å². The van der Waals surface area contributed by atoms with Crippen LogP contribution in [0.5, 0.6) is 0 Å². The molecule has 0 amide bonds. The molecule has 62 valence electrons. The first kappa shape index (κ1) is 8.67. The SMILES string of the molecule is CCS(C)(S)C1NCON1. The quantitative estimate of drug-likeness (QED) is 0.433. The highest BCUT2D eigenvalue weighted by molar-refractivity contribution is 8.87. The lowest BCUT2D eigenvalue weighted by atomic mass is 11.0. The lowest BCUT2D eigenvalue weighted by Gasteiger charge is -2.33. The minimum absolute atomic E-state index is 0.251. The molecule has 1 saturated heterocycles. The summed E-state index contributed by atoms with van der Waals surface area (Å²) in [5.74, 6) is 1.09. The summed E-state index contributed by atoms with van der Waals surface area (Å²) >= 11 is 4.56. The second kappa shape index (κ2) is 3.32. The Labute approximate surface area is 68.0 Å². The topological polar surface area (TPSA) is 33.3 Å². The summed E-state index contributed by atoms with van der Waals surface area (Å²) in [6.45, 7) is 2.73. The molecule has 1 rings (SSSR count). The number of hydroxylamine groups is 1. The molecule has 2 N–H and O–H groups in total. The van der Waals surface area contributed by atoms with E-state index in [1.165, 1.54) is 0 Å². The van der Waals surface area contributed by atoms with Crippen LogP contribution in [-0.2, 0) is 4.84 Å². The minimum atomic E-state index is -0.851. The van der Waals surface area contributed by atoms with Crippen molar-refractivity contribution < 1.29 is 4.84 Å². The maximum absolute atomic E-state index is 4.96. The van der Waals surface area contributed by atoms with Crippen LogP contribution < -0.4 is 10.8 Å². The van der Waals surface area contributed by atoms with E-state index in [1.807, 2.05) is 0 Å². The van der Waals surface area contributed by atoms with Gasteiger partial charge in [-0.15, -0.1) is 11.7 Å². The van der Waals surface area contributed by atoms with E-state index in [-0.39, 0.29) is 5.50 Å². The second-order valence-corrected chi connectivity index (χ2v) is 8.15. The third-order valence-corrected chi connectivity index (χ3v) is 5.48. The van der Waals surface area contributed by atoms with Crippen LogP contribution >= 0.6 is 20.7 Å². The van der Waals surface area contributed by atoms with Gasteiger partial charge in [-0.3, -0.25) is 10.2 Å². The standard InChI is InChI=1S/C5H14N2OS2/c1-3-10(2,9)5-6-4-8-7-5/h5-7,9H,3-4H2,1-2H3. The Kier molecular flexibility index (Phi) is 2.88. The second-order valence-electron chi connectivity index (χ2n) is 2.39. The van der Waals surface area contributed by atoms with Gasteiger partial charge in [0.25, 0.3) is 0 Å². The van der Waals surface area contributed by atoms with Crippen LogP contribution in [0.2, 0.25) is 0 Å². The molecule has 1 heterocycles. The fourth-order valence-corrected chi connectivity index (χ4v) is 2.11. The lowest BCUT2D eigenvalue weighted by Crippen LogP contribution is -2.34. The molecule has 0 aromatic rings. The molecule has 1 aliphatic heterocycles. The van der Waals surface area contributed by atoms with Crippen LogP contribution in [0.25, 0.3) is 0 Å². The molecular formula is C5H14N2OS2. The van der Waals surface area contributed by atoms with Gasteiger partial charge in [0.15, 0.2) is 0 Å². The summed E-state index contributed by atoms with van der Waals surface area (Å²) in [6, 6.07) is 0. The van der Waals surface area contributed by atoms with Crippen molar-refractivity contribution >= 4 is 20.7 Å². The summed E-state index contributed by atoms with van der Waals surface area (Å²) in [5, 5.41) is 3.18. The summed E-state index contributed by atoms with van der Waals surface area (Å²) in [5.41, 5.74) is 3.15. The van der Waals surface area contributed by atoms with Crippen molar-refractivity contribution in [3.8, 4) is 0 Å². The van der Waals surface area contributed by atoms with Crippen LogP contribution in [0.3, 0.4) is 0 Å². The molecule has 0 spiro atoms. The number of nitrogens with one attached hydrogen (secondary N) is 2. The molecule has 0 aromatic carbocycles. The average molecular weight is 182 g/mol. The molecule has 1 aliphatic rings. The summed E-state index contributed by atoms with van der Waals surface area (Å²) in [6.07, 6.45) is 2.16. The number of hydrogen-bond acceptors (Lipinski definition) is 4. The first-order chi connectivity index (χ1) is 4.67. The summed E-state index contributed by atoms with van der Waals surface area (Å²) in [4.78, 5) is 4.96. The van der Waals surface area contributed by atoms with Gasteiger partial charge >= 0.3 is 0 Å². The van der Waals surface area contributed by atoms with E-state index in [9.17, 15) is 0 Å². The maximum atomic E-state index is 4.96. The van der Waals surface area contributed by atoms with E-state index in [0.717, 1.165) is 5.75 Å². The van der Waals surface area contributed by atoms with Gasteiger partial charge in [0.05, 0.1) is 0 Å². The highest BCUT2D eigenvalue weighted by Gasteiger charge is 2.26. The van der Waals surface area contributed by atoms with Gasteiger partial charge in [-0.25, -0.2) is 0 Å². The number of rotatable bonds is 2. The van der Waals surface area contributed by atoms with Gasteiger partial charge in [-0.05, 0) is 12.0 Å². The first-order valence-electron chi connectivity index (χ1n) is 3.25. The molecule has 0 aliphatic carbocycles. The molecule has 3 nitrogen and oxygen atoms in total. The third kappa shape index (κ3) is 1.79. The zero-order chi connectivity index (χ0) is 7.61. The predicted molar refractivity (Wildman–Crippen MR) is 49.1 cm³/mol. The lowest BCUT2D eigenvalue weighted by molar-refractivity contribution is 0.0965. The van der Waals surface area contributed by atoms with E-state index >= 15 is 0 Å². The molecule has 0 aromatic heterocycles. The van der Waals surface area contributed by atoms with Crippen molar-refractivity contribution in [3.63, 3.8) is 0 Å². The summed E-state index contributed by atoms with van der Waals surface area (Å²) in [7, 11) is -0.851. The van der Waals surface area contributed by atoms with Crippen LogP contribution in [-0.4, -0.2) is 24.2 Å². The van der Waals surface area contributed by atoms with Crippen molar-refractivity contribution in [2.24, 2.45) is 0 Å². The zero-order valence-corrected chi connectivity index (χ0v) is 7.97. The molecule has 5 heteroatoms. The molecule has 2 unspecified atom stereocenters. The van der Waals surface area contributed by atoms with E-state index in [1.54, 1.807) is 0 Å². The van der Waals surface area contributed by atoms with Gasteiger partial charge in [0.2, 0.25) is 0 Å². The van der Waals surface area contributed by atoms with Crippen molar-refractivity contribution in [2.45, 2.75) is 12.4 Å².